The van der Waals surface area contributed by atoms with Gasteiger partial charge in [-0.15, -0.1) is 0 Å². The lowest BCUT2D eigenvalue weighted by Crippen LogP contribution is -2.25. The first-order chi connectivity index (χ1) is 9.60. The first-order valence-corrected chi connectivity index (χ1v) is 7.83. The Morgan fingerprint density at radius 1 is 1.35 bits per heavy atom. The second-order valence-corrected chi connectivity index (χ2v) is 6.19. The van der Waals surface area contributed by atoms with Gasteiger partial charge in [0.1, 0.15) is 0 Å². The SMILES string of the molecule is CCC(N)C(Sc1nccc(C)n1)c1cccc(Cl)c1. The molecule has 5 heteroatoms. The van der Waals surface area contributed by atoms with E-state index in [2.05, 4.69) is 23.0 Å². The maximum atomic E-state index is 6.27. The third-order valence-electron chi connectivity index (χ3n) is 3.04. The standard InChI is InChI=1S/C15H18ClN3S/c1-3-13(17)14(11-5-4-6-12(16)9-11)20-15-18-8-7-10(2)19-15/h4-9,13-14H,3,17H2,1-2H3. The van der Waals surface area contributed by atoms with Crippen LogP contribution in [0.3, 0.4) is 0 Å². The fraction of sp³-hybridized carbons (Fsp3) is 0.333. The van der Waals surface area contributed by atoms with E-state index in [1.165, 1.54) is 0 Å². The molecule has 0 aliphatic carbocycles. The summed E-state index contributed by atoms with van der Waals surface area (Å²) in [7, 11) is 0. The zero-order valence-corrected chi connectivity index (χ0v) is 13.2. The van der Waals surface area contributed by atoms with Crippen molar-refractivity contribution in [3.05, 3.63) is 52.8 Å². The lowest BCUT2D eigenvalue weighted by molar-refractivity contribution is 0.632. The van der Waals surface area contributed by atoms with E-state index in [1.807, 2.05) is 31.2 Å². The van der Waals surface area contributed by atoms with Crippen LogP contribution in [0.15, 0.2) is 41.7 Å². The molecule has 2 N–H and O–H groups in total. The van der Waals surface area contributed by atoms with Gasteiger partial charge in [-0.1, -0.05) is 42.4 Å². The Balaban J connectivity index is 2.29. The molecule has 0 bridgehead atoms. The summed E-state index contributed by atoms with van der Waals surface area (Å²) in [6, 6.07) is 9.75. The fourth-order valence-corrected chi connectivity index (χ4v) is 3.29. The number of hydrogen-bond donors (Lipinski definition) is 1. The van der Waals surface area contributed by atoms with E-state index >= 15 is 0 Å². The van der Waals surface area contributed by atoms with Gasteiger partial charge in [-0.25, -0.2) is 9.97 Å². The average Bonchev–Trinajstić information content (AvgIpc) is 2.44. The Bertz CT molecular complexity index is 577. The van der Waals surface area contributed by atoms with Crippen LogP contribution in [0.5, 0.6) is 0 Å². The van der Waals surface area contributed by atoms with E-state index in [1.54, 1.807) is 18.0 Å². The highest BCUT2D eigenvalue weighted by atomic mass is 35.5. The number of aryl methyl sites for hydroxylation is 1. The van der Waals surface area contributed by atoms with Crippen LogP contribution in [0.25, 0.3) is 0 Å². The third kappa shape index (κ3) is 3.95. The maximum Gasteiger partial charge on any atom is 0.188 e. The van der Waals surface area contributed by atoms with Crippen LogP contribution in [-0.4, -0.2) is 16.0 Å². The van der Waals surface area contributed by atoms with E-state index in [-0.39, 0.29) is 11.3 Å². The number of rotatable bonds is 5. The van der Waals surface area contributed by atoms with Crippen LogP contribution in [0.2, 0.25) is 5.02 Å². The molecule has 20 heavy (non-hydrogen) atoms. The molecule has 0 aliphatic rings. The minimum Gasteiger partial charge on any atom is -0.326 e. The van der Waals surface area contributed by atoms with E-state index in [9.17, 15) is 0 Å². The first-order valence-electron chi connectivity index (χ1n) is 6.57. The van der Waals surface area contributed by atoms with E-state index < -0.39 is 0 Å². The number of nitrogens with zero attached hydrogens (tertiary/aromatic N) is 2. The summed E-state index contributed by atoms with van der Waals surface area (Å²) < 4.78 is 0. The predicted molar refractivity (Wildman–Crippen MR) is 85.1 cm³/mol. The van der Waals surface area contributed by atoms with Crippen LogP contribution in [0, 0.1) is 6.92 Å². The van der Waals surface area contributed by atoms with Crippen LogP contribution < -0.4 is 5.73 Å². The minimum absolute atomic E-state index is 0.0302. The second-order valence-electron chi connectivity index (χ2n) is 4.65. The summed E-state index contributed by atoms with van der Waals surface area (Å²) in [6.07, 6.45) is 2.66. The lowest BCUT2D eigenvalue weighted by Gasteiger charge is -2.22. The Hall–Kier alpha value is -1.10. The molecule has 2 rings (SSSR count). The molecule has 0 spiro atoms. The highest BCUT2D eigenvalue weighted by Gasteiger charge is 2.21. The van der Waals surface area contributed by atoms with Gasteiger partial charge in [0, 0.05) is 23.0 Å². The van der Waals surface area contributed by atoms with Crippen LogP contribution in [0.1, 0.15) is 29.9 Å². The molecule has 106 valence electrons. The summed E-state index contributed by atoms with van der Waals surface area (Å²) in [5.41, 5.74) is 8.33. The van der Waals surface area contributed by atoms with Gasteiger partial charge in [0.25, 0.3) is 0 Å². The van der Waals surface area contributed by atoms with Crippen LogP contribution >= 0.6 is 23.4 Å². The molecular formula is C15H18ClN3S. The summed E-state index contributed by atoms with van der Waals surface area (Å²) in [4.78, 5) is 8.75. The molecule has 0 radical (unpaired) electrons. The van der Waals surface area contributed by atoms with Crippen molar-refractivity contribution in [3.8, 4) is 0 Å². The van der Waals surface area contributed by atoms with Crippen molar-refractivity contribution in [2.45, 2.75) is 36.7 Å². The molecule has 0 saturated carbocycles. The van der Waals surface area contributed by atoms with Crippen molar-refractivity contribution in [1.29, 1.82) is 0 Å². The van der Waals surface area contributed by atoms with Crippen molar-refractivity contribution >= 4 is 23.4 Å². The van der Waals surface area contributed by atoms with Gasteiger partial charge in [-0.05, 0) is 37.1 Å². The van der Waals surface area contributed by atoms with Crippen molar-refractivity contribution in [3.63, 3.8) is 0 Å². The highest BCUT2D eigenvalue weighted by Crippen LogP contribution is 2.37. The summed E-state index contributed by atoms with van der Waals surface area (Å²) in [5, 5.41) is 1.57. The molecule has 1 heterocycles. The molecule has 3 nitrogen and oxygen atoms in total. The minimum atomic E-state index is 0.0302. The molecule has 2 atom stereocenters. The lowest BCUT2D eigenvalue weighted by atomic mass is 10.0. The molecule has 2 unspecified atom stereocenters. The third-order valence-corrected chi connectivity index (χ3v) is 4.56. The van der Waals surface area contributed by atoms with Crippen molar-refractivity contribution in [1.82, 2.24) is 9.97 Å². The Morgan fingerprint density at radius 2 is 2.15 bits per heavy atom. The fourth-order valence-electron chi connectivity index (χ4n) is 1.90. The summed E-state index contributed by atoms with van der Waals surface area (Å²) in [5.74, 6) is 0. The van der Waals surface area contributed by atoms with Gasteiger partial charge in [-0.3, -0.25) is 0 Å². The Kier molecular flexibility index (Phi) is 5.40. The van der Waals surface area contributed by atoms with Gasteiger partial charge >= 0.3 is 0 Å². The molecular weight excluding hydrogens is 290 g/mol. The molecule has 1 aromatic carbocycles. The number of nitrogens with two attached hydrogens (primary N) is 1. The topological polar surface area (TPSA) is 51.8 Å². The number of halogens is 1. The van der Waals surface area contributed by atoms with Gasteiger partial charge in [-0.2, -0.15) is 0 Å². The summed E-state index contributed by atoms with van der Waals surface area (Å²) in [6.45, 7) is 4.04. The van der Waals surface area contributed by atoms with E-state index in [0.717, 1.165) is 27.9 Å². The number of benzene rings is 1. The normalized spacial score (nSPS) is 14.0. The smallest absolute Gasteiger partial charge is 0.188 e. The Labute approximate surface area is 129 Å². The van der Waals surface area contributed by atoms with Crippen molar-refractivity contribution < 1.29 is 0 Å². The number of hydrogen-bond acceptors (Lipinski definition) is 4. The van der Waals surface area contributed by atoms with Crippen molar-refractivity contribution in [2.75, 3.05) is 0 Å². The van der Waals surface area contributed by atoms with E-state index in [4.69, 9.17) is 17.3 Å². The largest absolute Gasteiger partial charge is 0.326 e. The number of thioether (sulfide) groups is 1. The van der Waals surface area contributed by atoms with Crippen LogP contribution in [0.4, 0.5) is 0 Å². The maximum absolute atomic E-state index is 6.27. The molecule has 0 aliphatic heterocycles. The number of aromatic nitrogens is 2. The zero-order chi connectivity index (χ0) is 14.5. The van der Waals surface area contributed by atoms with Gasteiger partial charge < -0.3 is 5.73 Å². The summed E-state index contributed by atoms with van der Waals surface area (Å²) >= 11 is 7.68. The Morgan fingerprint density at radius 3 is 2.80 bits per heavy atom. The molecule has 2 aromatic rings. The average molecular weight is 308 g/mol. The highest BCUT2D eigenvalue weighted by molar-refractivity contribution is 7.99. The first kappa shape index (κ1) is 15.3. The zero-order valence-electron chi connectivity index (χ0n) is 11.6. The van der Waals surface area contributed by atoms with Gasteiger partial charge in [0.15, 0.2) is 5.16 Å². The molecule has 0 saturated heterocycles. The predicted octanol–water partition coefficient (Wildman–Crippen LogP) is 4.01. The quantitative estimate of drug-likeness (QED) is 0.670. The van der Waals surface area contributed by atoms with Crippen LogP contribution in [-0.2, 0) is 0 Å². The molecule has 1 aromatic heterocycles. The van der Waals surface area contributed by atoms with E-state index in [0.29, 0.717) is 0 Å². The monoisotopic (exact) mass is 307 g/mol. The van der Waals surface area contributed by atoms with Crippen molar-refractivity contribution in [2.24, 2.45) is 5.73 Å². The molecule has 0 amide bonds. The van der Waals surface area contributed by atoms with Gasteiger partial charge in [0.05, 0.1) is 5.25 Å². The second kappa shape index (κ2) is 7.07. The van der Waals surface area contributed by atoms with Gasteiger partial charge in [0.2, 0.25) is 0 Å². The molecule has 0 fully saturated rings.